The molecule has 2 aromatic heterocycles. The van der Waals surface area contributed by atoms with Gasteiger partial charge < -0.3 is 10.5 Å². The SMILES string of the molecule is Cn1nc(C(F)(F)F)cc1-c1ccc(NC(=O)c2cccc[n+]2[O-])cc1. The number of benzene rings is 1. The summed E-state index contributed by atoms with van der Waals surface area (Å²) in [6, 6.07) is 11.6. The molecule has 0 fully saturated rings. The molecule has 1 N–H and O–H groups in total. The quantitative estimate of drug-likeness (QED) is 0.575. The van der Waals surface area contributed by atoms with E-state index in [4.69, 9.17) is 0 Å². The number of nitrogens with zero attached hydrogens (tertiary/aromatic N) is 3. The first kappa shape index (κ1) is 17.5. The van der Waals surface area contributed by atoms with Crippen LogP contribution in [0.25, 0.3) is 11.3 Å². The van der Waals surface area contributed by atoms with Gasteiger partial charge in [0.1, 0.15) is 0 Å². The van der Waals surface area contributed by atoms with E-state index >= 15 is 0 Å². The highest BCUT2D eigenvalue weighted by Crippen LogP contribution is 2.31. The van der Waals surface area contributed by atoms with Crippen LogP contribution in [0.1, 0.15) is 16.2 Å². The predicted molar refractivity (Wildman–Crippen MR) is 87.0 cm³/mol. The Balaban J connectivity index is 1.80. The van der Waals surface area contributed by atoms with Crippen molar-refractivity contribution in [2.45, 2.75) is 6.18 Å². The van der Waals surface area contributed by atoms with Gasteiger partial charge in [-0.3, -0.25) is 9.48 Å². The van der Waals surface area contributed by atoms with Gasteiger partial charge in [-0.25, -0.2) is 0 Å². The molecule has 3 rings (SSSR count). The first-order valence-corrected chi connectivity index (χ1v) is 7.47. The molecule has 0 aliphatic rings. The number of rotatable bonds is 3. The Morgan fingerprint density at radius 1 is 1.19 bits per heavy atom. The van der Waals surface area contributed by atoms with E-state index < -0.39 is 17.8 Å². The van der Waals surface area contributed by atoms with Gasteiger partial charge in [0, 0.05) is 24.9 Å². The zero-order valence-corrected chi connectivity index (χ0v) is 13.5. The largest absolute Gasteiger partial charge is 0.618 e. The molecular weight excluding hydrogens is 349 g/mol. The van der Waals surface area contributed by atoms with Crippen molar-refractivity contribution in [2.24, 2.45) is 7.05 Å². The molecule has 0 aliphatic heterocycles. The summed E-state index contributed by atoms with van der Waals surface area (Å²) in [6.45, 7) is 0. The lowest BCUT2D eigenvalue weighted by molar-refractivity contribution is -0.607. The maximum Gasteiger partial charge on any atom is 0.435 e. The van der Waals surface area contributed by atoms with E-state index in [9.17, 15) is 23.2 Å². The fourth-order valence-corrected chi connectivity index (χ4v) is 2.40. The zero-order valence-electron chi connectivity index (χ0n) is 13.5. The van der Waals surface area contributed by atoms with E-state index in [2.05, 4.69) is 10.4 Å². The third-order valence-corrected chi connectivity index (χ3v) is 3.67. The van der Waals surface area contributed by atoms with Gasteiger partial charge in [-0.05, 0) is 29.8 Å². The molecular formula is C17H13F3N4O2. The Morgan fingerprint density at radius 2 is 1.88 bits per heavy atom. The molecule has 3 aromatic rings. The Kier molecular flexibility index (Phi) is 4.37. The van der Waals surface area contributed by atoms with Gasteiger partial charge in [-0.1, -0.05) is 12.1 Å². The average Bonchev–Trinajstić information content (AvgIpc) is 2.98. The molecule has 0 aliphatic carbocycles. The molecule has 26 heavy (non-hydrogen) atoms. The summed E-state index contributed by atoms with van der Waals surface area (Å²) < 4.78 is 39.8. The van der Waals surface area contributed by atoms with Crippen LogP contribution < -0.4 is 10.0 Å². The van der Waals surface area contributed by atoms with Gasteiger partial charge in [0.25, 0.3) is 5.69 Å². The molecule has 2 heterocycles. The third-order valence-electron chi connectivity index (χ3n) is 3.67. The van der Waals surface area contributed by atoms with Crippen molar-refractivity contribution in [1.82, 2.24) is 9.78 Å². The second-order valence-electron chi connectivity index (χ2n) is 5.48. The van der Waals surface area contributed by atoms with Crippen molar-refractivity contribution in [2.75, 3.05) is 5.32 Å². The maximum absolute atomic E-state index is 12.7. The fraction of sp³-hybridized carbons (Fsp3) is 0.118. The van der Waals surface area contributed by atoms with Crippen molar-refractivity contribution in [3.63, 3.8) is 0 Å². The molecule has 0 bridgehead atoms. The van der Waals surface area contributed by atoms with E-state index in [0.717, 1.165) is 10.7 Å². The van der Waals surface area contributed by atoms with Gasteiger partial charge in [-0.15, -0.1) is 0 Å². The molecule has 0 atom stereocenters. The molecule has 9 heteroatoms. The van der Waals surface area contributed by atoms with E-state index in [-0.39, 0.29) is 11.4 Å². The lowest BCUT2D eigenvalue weighted by atomic mass is 10.1. The summed E-state index contributed by atoms with van der Waals surface area (Å²) in [5.41, 5.74) is 0.151. The number of halogens is 3. The number of alkyl halides is 3. The van der Waals surface area contributed by atoms with Crippen LogP contribution in [0.15, 0.2) is 54.7 Å². The zero-order chi connectivity index (χ0) is 18.9. The number of amides is 1. The lowest BCUT2D eigenvalue weighted by Gasteiger charge is -2.07. The van der Waals surface area contributed by atoms with Gasteiger partial charge in [0.2, 0.25) is 0 Å². The lowest BCUT2D eigenvalue weighted by Crippen LogP contribution is -2.36. The van der Waals surface area contributed by atoms with Crippen molar-refractivity contribution in [1.29, 1.82) is 0 Å². The molecule has 134 valence electrons. The standard InChI is InChI=1S/C17H13F3N4O2/c1-23-14(10-15(22-23)17(18,19)20)11-5-7-12(8-6-11)21-16(25)13-4-2-3-9-24(13)26/h2-10H,1H3,(H,21,25). The van der Waals surface area contributed by atoms with Gasteiger partial charge in [0.15, 0.2) is 11.9 Å². The van der Waals surface area contributed by atoms with Crippen molar-refractivity contribution >= 4 is 11.6 Å². The summed E-state index contributed by atoms with van der Waals surface area (Å²) in [5, 5.41) is 17.6. The van der Waals surface area contributed by atoms with E-state index in [1.807, 2.05) is 0 Å². The number of hydrogen-bond acceptors (Lipinski definition) is 3. The Morgan fingerprint density at radius 3 is 2.46 bits per heavy atom. The Hall–Kier alpha value is -3.36. The summed E-state index contributed by atoms with van der Waals surface area (Å²) in [4.78, 5) is 12.1. The summed E-state index contributed by atoms with van der Waals surface area (Å²) in [5.74, 6) is -0.590. The molecule has 0 saturated carbocycles. The number of carbonyl (C=O) groups is 1. The smallest absolute Gasteiger partial charge is 0.435 e. The number of carbonyl (C=O) groups excluding carboxylic acids is 1. The predicted octanol–water partition coefficient (Wildman–Crippen LogP) is 2.99. The van der Waals surface area contributed by atoms with Crippen LogP contribution >= 0.6 is 0 Å². The van der Waals surface area contributed by atoms with Crippen LogP contribution in [-0.4, -0.2) is 15.7 Å². The normalized spacial score (nSPS) is 11.4. The van der Waals surface area contributed by atoms with Crippen molar-refractivity contribution in [3.8, 4) is 11.3 Å². The summed E-state index contributed by atoms with van der Waals surface area (Å²) in [6.07, 6.45) is -3.31. The number of aromatic nitrogens is 3. The van der Waals surface area contributed by atoms with Crippen LogP contribution in [0.2, 0.25) is 0 Å². The molecule has 1 aromatic carbocycles. The van der Waals surface area contributed by atoms with E-state index in [1.54, 1.807) is 18.2 Å². The fourth-order valence-electron chi connectivity index (χ4n) is 2.40. The highest BCUT2D eigenvalue weighted by atomic mass is 19.4. The van der Waals surface area contributed by atoms with Gasteiger partial charge in [-0.2, -0.15) is 23.0 Å². The molecule has 1 amide bonds. The number of nitrogens with one attached hydrogen (secondary N) is 1. The second-order valence-corrected chi connectivity index (χ2v) is 5.48. The second kappa shape index (κ2) is 6.51. The highest BCUT2D eigenvalue weighted by Gasteiger charge is 2.34. The number of pyridine rings is 1. The van der Waals surface area contributed by atoms with Crippen LogP contribution in [-0.2, 0) is 13.2 Å². The molecule has 0 radical (unpaired) electrons. The van der Waals surface area contributed by atoms with E-state index in [0.29, 0.717) is 16.0 Å². The maximum atomic E-state index is 12.7. The molecule has 0 unspecified atom stereocenters. The monoisotopic (exact) mass is 362 g/mol. The van der Waals surface area contributed by atoms with Crippen molar-refractivity contribution in [3.05, 3.63) is 71.3 Å². The topological polar surface area (TPSA) is 73.9 Å². The number of anilines is 1. The Labute approximate surface area is 146 Å². The number of aryl methyl sites for hydroxylation is 1. The van der Waals surface area contributed by atoms with Crippen molar-refractivity contribution < 1.29 is 22.7 Å². The molecule has 0 spiro atoms. The average molecular weight is 362 g/mol. The highest BCUT2D eigenvalue weighted by molar-refractivity contribution is 6.01. The Bertz CT molecular complexity index is 949. The minimum absolute atomic E-state index is 0.0713. The van der Waals surface area contributed by atoms with Gasteiger partial charge >= 0.3 is 12.1 Å². The molecule has 6 nitrogen and oxygen atoms in total. The minimum atomic E-state index is -4.52. The van der Waals surface area contributed by atoms with Crippen LogP contribution in [0.3, 0.4) is 0 Å². The third kappa shape index (κ3) is 3.51. The minimum Gasteiger partial charge on any atom is -0.618 e. The number of hydrogen-bond donors (Lipinski definition) is 1. The van der Waals surface area contributed by atoms with Crippen LogP contribution in [0.5, 0.6) is 0 Å². The summed E-state index contributed by atoms with van der Waals surface area (Å²) >= 11 is 0. The molecule has 0 saturated heterocycles. The van der Waals surface area contributed by atoms with Crippen LogP contribution in [0.4, 0.5) is 18.9 Å². The first-order valence-electron chi connectivity index (χ1n) is 7.47. The van der Waals surface area contributed by atoms with Gasteiger partial charge in [0.05, 0.1) is 5.69 Å². The van der Waals surface area contributed by atoms with Crippen LogP contribution in [0, 0.1) is 5.21 Å². The summed E-state index contributed by atoms with van der Waals surface area (Å²) in [7, 11) is 1.42. The first-order chi connectivity index (χ1) is 12.3. The van der Waals surface area contributed by atoms with E-state index in [1.165, 1.54) is 37.5 Å².